The second-order valence-electron chi connectivity index (χ2n) is 3.57. The highest BCUT2D eigenvalue weighted by atomic mass is 16.1. The summed E-state index contributed by atoms with van der Waals surface area (Å²) < 4.78 is 0. The van der Waals surface area contributed by atoms with E-state index in [4.69, 9.17) is 11.5 Å². The summed E-state index contributed by atoms with van der Waals surface area (Å²) in [6.07, 6.45) is 0.199. The Hall–Kier alpha value is -1.35. The molecule has 0 aliphatic rings. The van der Waals surface area contributed by atoms with E-state index in [1.807, 2.05) is 32.0 Å². The quantitative estimate of drug-likeness (QED) is 0.755. The minimum absolute atomic E-state index is 0.199. The van der Waals surface area contributed by atoms with Gasteiger partial charge in [0.05, 0.1) is 0 Å². The van der Waals surface area contributed by atoms with Gasteiger partial charge in [0.1, 0.15) is 0 Å². The maximum absolute atomic E-state index is 10.7. The van der Waals surface area contributed by atoms with Gasteiger partial charge in [-0.15, -0.1) is 0 Å². The largest absolute Gasteiger partial charge is 0.370 e. The Morgan fingerprint density at radius 1 is 1.43 bits per heavy atom. The van der Waals surface area contributed by atoms with Gasteiger partial charge in [0.15, 0.2) is 0 Å². The number of amides is 1. The minimum atomic E-state index is -0.363. The molecule has 0 saturated carbocycles. The van der Waals surface area contributed by atoms with Gasteiger partial charge in [0.25, 0.3) is 0 Å². The Morgan fingerprint density at radius 3 is 2.64 bits per heavy atom. The van der Waals surface area contributed by atoms with Gasteiger partial charge in [-0.2, -0.15) is 0 Å². The minimum Gasteiger partial charge on any atom is -0.370 e. The molecule has 0 saturated heterocycles. The number of aryl methyl sites for hydroxylation is 1. The number of primary amides is 1. The Kier molecular flexibility index (Phi) is 3.25. The molecule has 4 N–H and O–H groups in total. The molecule has 0 aliphatic carbocycles. The van der Waals surface area contributed by atoms with Gasteiger partial charge in [0.2, 0.25) is 5.91 Å². The van der Waals surface area contributed by atoms with Crippen LogP contribution in [0.15, 0.2) is 18.2 Å². The first-order valence-electron chi connectivity index (χ1n) is 4.62. The Labute approximate surface area is 84.1 Å². The number of benzene rings is 1. The van der Waals surface area contributed by atoms with Crippen molar-refractivity contribution in [3.8, 4) is 0 Å². The standard InChI is InChI=1S/C11H16N2O/c1-7-4-3-5-9(8(7)2)10(12)6-11(13)14/h3-5,10H,6,12H2,1-2H3,(H2,13,14)/t10-/m1/s1. The fraction of sp³-hybridized carbons (Fsp3) is 0.364. The summed E-state index contributed by atoms with van der Waals surface area (Å²) in [4.78, 5) is 10.7. The van der Waals surface area contributed by atoms with Gasteiger partial charge in [-0.1, -0.05) is 18.2 Å². The molecule has 1 atom stereocenters. The average molecular weight is 192 g/mol. The molecule has 1 rings (SSSR count). The molecule has 0 heterocycles. The summed E-state index contributed by atoms with van der Waals surface area (Å²) in [5.41, 5.74) is 14.3. The Balaban J connectivity index is 2.95. The average Bonchev–Trinajstić information content (AvgIpc) is 2.08. The number of rotatable bonds is 3. The zero-order valence-electron chi connectivity index (χ0n) is 8.58. The van der Waals surface area contributed by atoms with Gasteiger partial charge < -0.3 is 11.5 Å². The van der Waals surface area contributed by atoms with Crippen molar-refractivity contribution < 1.29 is 4.79 Å². The van der Waals surface area contributed by atoms with Gasteiger partial charge in [-0.3, -0.25) is 4.79 Å². The highest BCUT2D eigenvalue weighted by molar-refractivity contribution is 5.74. The lowest BCUT2D eigenvalue weighted by atomic mass is 9.96. The number of hydrogen-bond acceptors (Lipinski definition) is 2. The van der Waals surface area contributed by atoms with E-state index in [2.05, 4.69) is 0 Å². The molecule has 76 valence electrons. The number of carbonyl (C=O) groups is 1. The lowest BCUT2D eigenvalue weighted by Crippen LogP contribution is -2.21. The predicted octanol–water partition coefficient (Wildman–Crippen LogP) is 1.18. The van der Waals surface area contributed by atoms with Crippen LogP contribution >= 0.6 is 0 Å². The summed E-state index contributed by atoms with van der Waals surface area (Å²) in [6, 6.07) is 5.62. The van der Waals surface area contributed by atoms with Crippen molar-refractivity contribution in [2.24, 2.45) is 11.5 Å². The van der Waals surface area contributed by atoms with Crippen LogP contribution in [0.4, 0.5) is 0 Å². The SMILES string of the molecule is Cc1cccc([C@H](N)CC(N)=O)c1C. The summed E-state index contributed by atoms with van der Waals surface area (Å²) >= 11 is 0. The van der Waals surface area contributed by atoms with Crippen LogP contribution < -0.4 is 11.5 Å². The first-order chi connectivity index (χ1) is 6.52. The Morgan fingerprint density at radius 2 is 2.07 bits per heavy atom. The highest BCUT2D eigenvalue weighted by Crippen LogP contribution is 2.20. The van der Waals surface area contributed by atoms with E-state index in [0.717, 1.165) is 11.1 Å². The fourth-order valence-electron chi connectivity index (χ4n) is 1.50. The molecule has 3 heteroatoms. The van der Waals surface area contributed by atoms with Gasteiger partial charge in [-0.05, 0) is 30.5 Å². The number of carbonyl (C=O) groups excluding carboxylic acids is 1. The van der Waals surface area contributed by atoms with E-state index in [9.17, 15) is 4.79 Å². The molecule has 0 bridgehead atoms. The maximum atomic E-state index is 10.7. The van der Waals surface area contributed by atoms with Crippen LogP contribution in [0.5, 0.6) is 0 Å². The highest BCUT2D eigenvalue weighted by Gasteiger charge is 2.11. The van der Waals surface area contributed by atoms with E-state index >= 15 is 0 Å². The van der Waals surface area contributed by atoms with Crippen molar-refractivity contribution >= 4 is 5.91 Å². The molecule has 1 aromatic carbocycles. The van der Waals surface area contributed by atoms with E-state index < -0.39 is 0 Å². The molecule has 0 aliphatic heterocycles. The predicted molar refractivity (Wildman–Crippen MR) is 56.7 cm³/mol. The molecule has 3 nitrogen and oxygen atoms in total. The molecule has 1 aromatic rings. The summed E-state index contributed by atoms with van der Waals surface area (Å²) in [5.74, 6) is -0.363. The molecule has 0 spiro atoms. The van der Waals surface area contributed by atoms with Crippen LogP contribution in [0.2, 0.25) is 0 Å². The fourth-order valence-corrected chi connectivity index (χ4v) is 1.50. The summed E-state index contributed by atoms with van der Waals surface area (Å²) in [5, 5.41) is 0. The molecular weight excluding hydrogens is 176 g/mol. The van der Waals surface area contributed by atoms with Crippen molar-refractivity contribution in [3.63, 3.8) is 0 Å². The van der Waals surface area contributed by atoms with E-state index in [-0.39, 0.29) is 18.4 Å². The zero-order chi connectivity index (χ0) is 10.7. The summed E-state index contributed by atoms with van der Waals surface area (Å²) in [6.45, 7) is 4.03. The van der Waals surface area contributed by atoms with Crippen LogP contribution in [0, 0.1) is 13.8 Å². The smallest absolute Gasteiger partial charge is 0.219 e. The van der Waals surface area contributed by atoms with Crippen LogP contribution in [-0.4, -0.2) is 5.91 Å². The van der Waals surface area contributed by atoms with Crippen LogP contribution in [0.3, 0.4) is 0 Å². The number of hydrogen-bond donors (Lipinski definition) is 2. The van der Waals surface area contributed by atoms with Crippen molar-refractivity contribution in [1.82, 2.24) is 0 Å². The van der Waals surface area contributed by atoms with Gasteiger partial charge in [-0.25, -0.2) is 0 Å². The van der Waals surface area contributed by atoms with Crippen molar-refractivity contribution in [2.45, 2.75) is 26.3 Å². The monoisotopic (exact) mass is 192 g/mol. The van der Waals surface area contributed by atoms with Crippen molar-refractivity contribution in [2.75, 3.05) is 0 Å². The third-order valence-corrected chi connectivity index (χ3v) is 2.47. The lowest BCUT2D eigenvalue weighted by molar-refractivity contribution is -0.118. The van der Waals surface area contributed by atoms with Gasteiger partial charge in [0, 0.05) is 12.5 Å². The zero-order valence-corrected chi connectivity index (χ0v) is 8.58. The first kappa shape index (κ1) is 10.7. The van der Waals surface area contributed by atoms with Crippen molar-refractivity contribution in [1.29, 1.82) is 0 Å². The first-order valence-corrected chi connectivity index (χ1v) is 4.62. The lowest BCUT2D eigenvalue weighted by Gasteiger charge is -2.14. The van der Waals surface area contributed by atoms with E-state index in [1.165, 1.54) is 5.56 Å². The maximum Gasteiger partial charge on any atom is 0.219 e. The van der Waals surface area contributed by atoms with Crippen LogP contribution in [0.1, 0.15) is 29.2 Å². The topological polar surface area (TPSA) is 69.1 Å². The Bertz CT molecular complexity index is 347. The van der Waals surface area contributed by atoms with Crippen LogP contribution in [0.25, 0.3) is 0 Å². The normalized spacial score (nSPS) is 12.5. The number of nitrogens with two attached hydrogens (primary N) is 2. The molecule has 0 aromatic heterocycles. The third-order valence-electron chi connectivity index (χ3n) is 2.47. The second kappa shape index (κ2) is 4.24. The summed E-state index contributed by atoms with van der Waals surface area (Å²) in [7, 11) is 0. The van der Waals surface area contributed by atoms with E-state index in [1.54, 1.807) is 0 Å². The van der Waals surface area contributed by atoms with E-state index in [0.29, 0.717) is 0 Å². The van der Waals surface area contributed by atoms with Gasteiger partial charge >= 0.3 is 0 Å². The molecule has 0 fully saturated rings. The molecule has 0 radical (unpaired) electrons. The molecule has 0 unspecified atom stereocenters. The third kappa shape index (κ3) is 2.33. The van der Waals surface area contributed by atoms with Crippen LogP contribution in [-0.2, 0) is 4.79 Å². The molecule has 14 heavy (non-hydrogen) atoms. The molecule has 1 amide bonds. The molecular formula is C11H16N2O. The second-order valence-corrected chi connectivity index (χ2v) is 3.57. The van der Waals surface area contributed by atoms with Crippen molar-refractivity contribution in [3.05, 3.63) is 34.9 Å².